The van der Waals surface area contributed by atoms with Gasteiger partial charge in [-0.2, -0.15) is 0 Å². The summed E-state index contributed by atoms with van der Waals surface area (Å²) in [7, 11) is 2.18. The van der Waals surface area contributed by atoms with Crippen LogP contribution in [0.15, 0.2) is 29.0 Å². The van der Waals surface area contributed by atoms with E-state index in [2.05, 4.69) is 33.7 Å². The van der Waals surface area contributed by atoms with Gasteiger partial charge in [-0.15, -0.1) is 0 Å². The first-order valence-electron chi connectivity index (χ1n) is 6.62. The lowest BCUT2D eigenvalue weighted by Gasteiger charge is -2.32. The molecule has 1 aliphatic heterocycles. The fourth-order valence-corrected chi connectivity index (χ4v) is 1.82. The zero-order valence-corrected chi connectivity index (χ0v) is 11.9. The Morgan fingerprint density at radius 1 is 1.33 bits per heavy atom. The molecular formula is C14H26N4. The van der Waals surface area contributed by atoms with Gasteiger partial charge < -0.3 is 10.2 Å². The van der Waals surface area contributed by atoms with Crippen molar-refractivity contribution in [2.24, 2.45) is 4.99 Å². The van der Waals surface area contributed by atoms with Gasteiger partial charge in [0.25, 0.3) is 0 Å². The lowest BCUT2D eigenvalue weighted by atomic mass is 10.3. The van der Waals surface area contributed by atoms with E-state index >= 15 is 0 Å². The van der Waals surface area contributed by atoms with Crippen molar-refractivity contribution in [1.29, 1.82) is 0 Å². The van der Waals surface area contributed by atoms with Crippen LogP contribution >= 0.6 is 0 Å². The van der Waals surface area contributed by atoms with Gasteiger partial charge in [-0.3, -0.25) is 4.90 Å². The summed E-state index contributed by atoms with van der Waals surface area (Å²) >= 11 is 0. The second-order valence-corrected chi connectivity index (χ2v) is 4.85. The summed E-state index contributed by atoms with van der Waals surface area (Å²) in [6, 6.07) is 0. The van der Waals surface area contributed by atoms with Gasteiger partial charge in [0.05, 0.1) is 0 Å². The first kappa shape index (κ1) is 14.9. The number of hydrogen-bond donors (Lipinski definition) is 1. The van der Waals surface area contributed by atoms with Gasteiger partial charge in [-0.05, 0) is 32.5 Å². The van der Waals surface area contributed by atoms with Crippen LogP contribution in [0, 0.1) is 0 Å². The molecule has 0 aromatic heterocycles. The molecule has 0 aromatic carbocycles. The maximum atomic E-state index is 4.34. The normalized spacial score (nSPS) is 19.4. The van der Waals surface area contributed by atoms with Crippen molar-refractivity contribution in [2.75, 3.05) is 46.3 Å². The Hall–Kier alpha value is -1.13. The number of nitrogens with one attached hydrogen (secondary N) is 1. The summed E-state index contributed by atoms with van der Waals surface area (Å²) in [6.07, 6.45) is 3.78. The molecule has 102 valence electrons. The topological polar surface area (TPSA) is 30.9 Å². The fraction of sp³-hybridized carbons (Fsp3) is 0.643. The maximum absolute atomic E-state index is 4.34. The van der Waals surface area contributed by atoms with Crippen LogP contribution in [0.25, 0.3) is 0 Å². The zero-order chi connectivity index (χ0) is 13.4. The van der Waals surface area contributed by atoms with Gasteiger partial charge in [0.15, 0.2) is 0 Å². The lowest BCUT2D eigenvalue weighted by Crippen LogP contribution is -2.46. The molecule has 0 radical (unpaired) electrons. The van der Waals surface area contributed by atoms with E-state index in [4.69, 9.17) is 0 Å². The molecule has 0 spiro atoms. The number of likely N-dealkylation sites (N-methyl/N-ethyl adjacent to an activating group) is 1. The lowest BCUT2D eigenvalue weighted by molar-refractivity contribution is 0.155. The summed E-state index contributed by atoms with van der Waals surface area (Å²) in [4.78, 5) is 9.20. The average Bonchev–Trinajstić information content (AvgIpc) is 2.35. The Morgan fingerprint density at radius 3 is 2.56 bits per heavy atom. The van der Waals surface area contributed by atoms with E-state index < -0.39 is 0 Å². The molecule has 0 aliphatic carbocycles. The number of piperazine rings is 1. The molecule has 1 fully saturated rings. The smallest absolute Gasteiger partial charge is 0.121 e. The van der Waals surface area contributed by atoms with Crippen LogP contribution in [0.4, 0.5) is 0 Å². The molecule has 1 N–H and O–H groups in total. The number of rotatable bonds is 6. The Balaban J connectivity index is 2.21. The third kappa shape index (κ3) is 5.98. The van der Waals surface area contributed by atoms with Crippen LogP contribution in [0.1, 0.15) is 13.8 Å². The third-order valence-electron chi connectivity index (χ3n) is 3.03. The molecular weight excluding hydrogens is 224 g/mol. The van der Waals surface area contributed by atoms with E-state index in [1.807, 2.05) is 19.9 Å². The molecule has 4 nitrogen and oxygen atoms in total. The Labute approximate surface area is 111 Å². The highest BCUT2D eigenvalue weighted by atomic mass is 15.2. The standard InChI is InChI=1S/C14H26N4/c1-5-14(16-12-13(2)3)15-6-7-18-10-8-17(4)9-11-18/h5,12,15H,2,6-11H2,1,3-4H3/b14-5-,16-12?. The van der Waals surface area contributed by atoms with E-state index in [-0.39, 0.29) is 0 Å². The summed E-state index contributed by atoms with van der Waals surface area (Å²) in [5.74, 6) is 0.923. The summed E-state index contributed by atoms with van der Waals surface area (Å²) in [5.41, 5.74) is 0.968. The summed E-state index contributed by atoms with van der Waals surface area (Å²) in [5, 5.41) is 3.35. The minimum atomic E-state index is 0.923. The molecule has 0 atom stereocenters. The minimum Gasteiger partial charge on any atom is -0.369 e. The first-order valence-corrected chi connectivity index (χ1v) is 6.62. The number of hydrogen-bond acceptors (Lipinski definition) is 4. The van der Waals surface area contributed by atoms with Gasteiger partial charge in [-0.1, -0.05) is 6.58 Å². The van der Waals surface area contributed by atoms with Gasteiger partial charge in [0.1, 0.15) is 5.82 Å². The first-order chi connectivity index (χ1) is 8.61. The van der Waals surface area contributed by atoms with E-state index in [1.165, 1.54) is 26.2 Å². The maximum Gasteiger partial charge on any atom is 0.121 e. The van der Waals surface area contributed by atoms with Crippen molar-refractivity contribution >= 4 is 6.21 Å². The summed E-state index contributed by atoms with van der Waals surface area (Å²) in [6.45, 7) is 14.4. The highest BCUT2D eigenvalue weighted by Gasteiger charge is 2.12. The highest BCUT2D eigenvalue weighted by Crippen LogP contribution is 1.98. The monoisotopic (exact) mass is 250 g/mol. The van der Waals surface area contributed by atoms with Crippen LogP contribution in [-0.2, 0) is 0 Å². The van der Waals surface area contributed by atoms with Gasteiger partial charge in [-0.25, -0.2) is 4.99 Å². The number of aliphatic imine (C=N–C) groups is 1. The van der Waals surface area contributed by atoms with Crippen molar-refractivity contribution in [1.82, 2.24) is 15.1 Å². The van der Waals surface area contributed by atoms with Crippen molar-refractivity contribution in [3.63, 3.8) is 0 Å². The molecule has 18 heavy (non-hydrogen) atoms. The molecule has 0 amide bonds. The predicted molar refractivity (Wildman–Crippen MR) is 79.0 cm³/mol. The Morgan fingerprint density at radius 2 is 2.00 bits per heavy atom. The van der Waals surface area contributed by atoms with Crippen LogP contribution in [0.2, 0.25) is 0 Å². The number of allylic oxidation sites excluding steroid dienone is 2. The molecule has 0 bridgehead atoms. The molecule has 1 heterocycles. The zero-order valence-electron chi connectivity index (χ0n) is 11.9. The molecule has 4 heteroatoms. The van der Waals surface area contributed by atoms with E-state index in [1.54, 1.807) is 6.21 Å². The van der Waals surface area contributed by atoms with Crippen molar-refractivity contribution < 1.29 is 0 Å². The Kier molecular flexibility index (Phi) is 6.68. The Bertz CT molecular complexity index is 312. The van der Waals surface area contributed by atoms with Crippen molar-refractivity contribution in [3.8, 4) is 0 Å². The van der Waals surface area contributed by atoms with Crippen LogP contribution < -0.4 is 5.32 Å². The largest absolute Gasteiger partial charge is 0.369 e. The SMILES string of the molecule is C=C(C)C=N/C(=C\C)NCCN1CCN(C)CC1. The molecule has 0 saturated carbocycles. The van der Waals surface area contributed by atoms with Crippen LogP contribution in [0.5, 0.6) is 0 Å². The van der Waals surface area contributed by atoms with Gasteiger partial charge >= 0.3 is 0 Å². The highest BCUT2D eigenvalue weighted by molar-refractivity contribution is 5.77. The number of nitrogens with zero attached hydrogens (tertiary/aromatic N) is 3. The molecule has 0 unspecified atom stereocenters. The van der Waals surface area contributed by atoms with Gasteiger partial charge in [0.2, 0.25) is 0 Å². The van der Waals surface area contributed by atoms with Crippen LogP contribution in [0.3, 0.4) is 0 Å². The molecule has 0 aromatic rings. The predicted octanol–water partition coefficient (Wildman–Crippen LogP) is 1.33. The second-order valence-electron chi connectivity index (χ2n) is 4.85. The third-order valence-corrected chi connectivity index (χ3v) is 3.03. The molecule has 1 rings (SSSR count). The minimum absolute atomic E-state index is 0.923. The van der Waals surface area contributed by atoms with Gasteiger partial charge in [0, 0.05) is 45.5 Å². The van der Waals surface area contributed by atoms with Crippen molar-refractivity contribution in [2.45, 2.75) is 13.8 Å². The fourth-order valence-electron chi connectivity index (χ4n) is 1.82. The van der Waals surface area contributed by atoms with E-state index in [9.17, 15) is 0 Å². The average molecular weight is 250 g/mol. The van der Waals surface area contributed by atoms with Crippen LogP contribution in [-0.4, -0.2) is 62.3 Å². The second kappa shape index (κ2) is 8.06. The molecule has 1 aliphatic rings. The van der Waals surface area contributed by atoms with Crippen molar-refractivity contribution in [3.05, 3.63) is 24.0 Å². The van der Waals surface area contributed by atoms with E-state index in [0.717, 1.165) is 24.5 Å². The van der Waals surface area contributed by atoms with E-state index in [0.29, 0.717) is 0 Å². The molecule has 1 saturated heterocycles. The summed E-state index contributed by atoms with van der Waals surface area (Å²) < 4.78 is 0. The quantitative estimate of drug-likeness (QED) is 0.722.